The van der Waals surface area contributed by atoms with Crippen LogP contribution in [-0.4, -0.2) is 51.7 Å². The van der Waals surface area contributed by atoms with E-state index < -0.39 is 39.6 Å². The van der Waals surface area contributed by atoms with Crippen LogP contribution in [0, 0.1) is 0 Å². The molecular formula is C18H28N2O6S. The van der Waals surface area contributed by atoms with Gasteiger partial charge in [-0.2, -0.15) is 0 Å². The van der Waals surface area contributed by atoms with Crippen LogP contribution in [0.25, 0.3) is 0 Å². The van der Waals surface area contributed by atoms with Crippen molar-refractivity contribution < 1.29 is 27.5 Å². The summed E-state index contributed by atoms with van der Waals surface area (Å²) in [5.41, 5.74) is -0.296. The van der Waals surface area contributed by atoms with Gasteiger partial charge in [0, 0.05) is 18.7 Å². The zero-order valence-electron chi connectivity index (χ0n) is 16.5. The van der Waals surface area contributed by atoms with Crippen molar-refractivity contribution >= 4 is 21.9 Å². The third-order valence-electron chi connectivity index (χ3n) is 3.32. The Morgan fingerprint density at radius 3 is 2.15 bits per heavy atom. The maximum absolute atomic E-state index is 12.3. The topological polar surface area (TPSA) is 111 Å². The standard InChI is InChI=1S/C18H28N2O6S/c1-12(11-25-6)20-27(23,24)15-9-7-14(8-10-15)17(22)26-13(2)16(21)19-18(3,4)5/h7-10,12-13,20H,11H2,1-6H3,(H,19,21)/t12-,13+/m1/s1. The molecule has 0 spiro atoms. The van der Waals surface area contributed by atoms with Gasteiger partial charge in [-0.25, -0.2) is 17.9 Å². The Hall–Kier alpha value is -1.97. The van der Waals surface area contributed by atoms with E-state index in [-0.39, 0.29) is 17.1 Å². The smallest absolute Gasteiger partial charge is 0.338 e. The lowest BCUT2D eigenvalue weighted by atomic mass is 10.1. The first kappa shape index (κ1) is 23.1. The summed E-state index contributed by atoms with van der Waals surface area (Å²) in [5.74, 6) is -1.12. The van der Waals surface area contributed by atoms with E-state index in [4.69, 9.17) is 9.47 Å². The lowest BCUT2D eigenvalue weighted by Crippen LogP contribution is -2.46. The van der Waals surface area contributed by atoms with Crippen LogP contribution in [0.2, 0.25) is 0 Å². The van der Waals surface area contributed by atoms with E-state index in [9.17, 15) is 18.0 Å². The molecule has 0 saturated carbocycles. The van der Waals surface area contributed by atoms with Crippen LogP contribution in [-0.2, 0) is 24.3 Å². The molecule has 0 aliphatic carbocycles. The summed E-state index contributed by atoms with van der Waals surface area (Å²) in [6.07, 6.45) is -0.975. The van der Waals surface area contributed by atoms with Crippen molar-refractivity contribution in [3.63, 3.8) is 0 Å². The largest absolute Gasteiger partial charge is 0.449 e. The highest BCUT2D eigenvalue weighted by Gasteiger charge is 2.23. The van der Waals surface area contributed by atoms with E-state index in [0.29, 0.717) is 0 Å². The molecule has 152 valence electrons. The molecule has 8 nitrogen and oxygen atoms in total. The second-order valence-electron chi connectivity index (χ2n) is 7.29. The Labute approximate surface area is 160 Å². The minimum Gasteiger partial charge on any atom is -0.449 e. The van der Waals surface area contributed by atoms with Gasteiger partial charge in [0.1, 0.15) is 0 Å². The van der Waals surface area contributed by atoms with Crippen LogP contribution < -0.4 is 10.0 Å². The molecule has 0 bridgehead atoms. The van der Waals surface area contributed by atoms with Gasteiger partial charge in [-0.3, -0.25) is 4.79 Å². The first-order chi connectivity index (χ1) is 12.4. The predicted octanol–water partition coefficient (Wildman–Crippen LogP) is 1.46. The van der Waals surface area contributed by atoms with Crippen LogP contribution in [0.3, 0.4) is 0 Å². The molecular weight excluding hydrogens is 372 g/mol. The van der Waals surface area contributed by atoms with Crippen LogP contribution in [0.1, 0.15) is 45.0 Å². The maximum Gasteiger partial charge on any atom is 0.338 e. The number of ether oxygens (including phenoxy) is 2. The molecule has 0 aliphatic heterocycles. The van der Waals surface area contributed by atoms with E-state index in [1.165, 1.54) is 38.3 Å². The van der Waals surface area contributed by atoms with Gasteiger partial charge in [-0.05, 0) is 58.9 Å². The van der Waals surface area contributed by atoms with Crippen molar-refractivity contribution in [2.75, 3.05) is 13.7 Å². The molecule has 1 aromatic rings. The lowest BCUT2D eigenvalue weighted by molar-refractivity contribution is -0.130. The minimum atomic E-state index is -3.73. The molecule has 0 saturated heterocycles. The first-order valence-electron chi connectivity index (χ1n) is 8.50. The number of benzene rings is 1. The van der Waals surface area contributed by atoms with Gasteiger partial charge in [-0.1, -0.05) is 0 Å². The number of amides is 1. The van der Waals surface area contributed by atoms with Gasteiger partial charge >= 0.3 is 5.97 Å². The van der Waals surface area contributed by atoms with Gasteiger partial charge < -0.3 is 14.8 Å². The molecule has 2 N–H and O–H groups in total. The second kappa shape index (κ2) is 9.29. The molecule has 9 heteroatoms. The van der Waals surface area contributed by atoms with Crippen LogP contribution in [0.5, 0.6) is 0 Å². The molecule has 1 rings (SSSR count). The fraction of sp³-hybridized carbons (Fsp3) is 0.556. The Morgan fingerprint density at radius 2 is 1.67 bits per heavy atom. The number of rotatable bonds is 8. The zero-order valence-corrected chi connectivity index (χ0v) is 17.3. The molecule has 0 fully saturated rings. The zero-order chi connectivity index (χ0) is 20.8. The molecule has 2 atom stereocenters. The number of methoxy groups -OCH3 is 1. The Balaban J connectivity index is 2.78. The van der Waals surface area contributed by atoms with Gasteiger partial charge in [0.15, 0.2) is 6.10 Å². The lowest BCUT2D eigenvalue weighted by Gasteiger charge is -2.23. The fourth-order valence-corrected chi connectivity index (χ4v) is 3.37. The van der Waals surface area contributed by atoms with Gasteiger partial charge in [0.25, 0.3) is 5.91 Å². The second-order valence-corrected chi connectivity index (χ2v) is 9.00. The van der Waals surface area contributed by atoms with E-state index in [2.05, 4.69) is 10.0 Å². The van der Waals surface area contributed by atoms with Crippen molar-refractivity contribution in [1.82, 2.24) is 10.0 Å². The average Bonchev–Trinajstić information content (AvgIpc) is 2.53. The molecule has 0 aromatic heterocycles. The van der Waals surface area contributed by atoms with Gasteiger partial charge in [0.05, 0.1) is 17.1 Å². The molecule has 0 heterocycles. The third-order valence-corrected chi connectivity index (χ3v) is 4.93. The Bertz CT molecular complexity index is 753. The monoisotopic (exact) mass is 400 g/mol. The average molecular weight is 400 g/mol. The third kappa shape index (κ3) is 7.66. The molecule has 0 unspecified atom stereocenters. The maximum atomic E-state index is 12.3. The summed E-state index contributed by atoms with van der Waals surface area (Å²) in [5, 5.41) is 2.72. The number of hydrogen-bond acceptors (Lipinski definition) is 6. The first-order valence-corrected chi connectivity index (χ1v) is 9.98. The van der Waals surface area contributed by atoms with Crippen molar-refractivity contribution in [2.24, 2.45) is 0 Å². The van der Waals surface area contributed by atoms with Crippen molar-refractivity contribution in [3.8, 4) is 0 Å². The van der Waals surface area contributed by atoms with Crippen molar-refractivity contribution in [3.05, 3.63) is 29.8 Å². The van der Waals surface area contributed by atoms with Gasteiger partial charge in [0.2, 0.25) is 10.0 Å². The normalized spacial score (nSPS) is 14.3. The van der Waals surface area contributed by atoms with Crippen LogP contribution in [0.15, 0.2) is 29.2 Å². The highest BCUT2D eigenvalue weighted by atomic mass is 32.2. The summed E-state index contributed by atoms with van der Waals surface area (Å²) >= 11 is 0. The molecule has 1 aromatic carbocycles. The summed E-state index contributed by atoms with van der Waals surface area (Å²) in [6.45, 7) is 8.84. The summed E-state index contributed by atoms with van der Waals surface area (Å²) in [4.78, 5) is 24.2. The number of esters is 1. The van der Waals surface area contributed by atoms with E-state index in [1.807, 2.05) is 20.8 Å². The summed E-state index contributed by atoms with van der Waals surface area (Å²) in [6, 6.07) is 4.89. The number of nitrogens with one attached hydrogen (secondary N) is 2. The van der Waals surface area contributed by atoms with Crippen molar-refractivity contribution in [2.45, 2.75) is 57.2 Å². The number of carbonyl (C=O) groups excluding carboxylic acids is 2. The van der Waals surface area contributed by atoms with E-state index >= 15 is 0 Å². The predicted molar refractivity (Wildman–Crippen MR) is 101 cm³/mol. The highest BCUT2D eigenvalue weighted by molar-refractivity contribution is 7.89. The van der Waals surface area contributed by atoms with Crippen molar-refractivity contribution in [1.29, 1.82) is 0 Å². The fourth-order valence-electron chi connectivity index (χ4n) is 2.14. The van der Waals surface area contributed by atoms with Crippen LogP contribution in [0.4, 0.5) is 0 Å². The quantitative estimate of drug-likeness (QED) is 0.639. The Morgan fingerprint density at radius 1 is 1.11 bits per heavy atom. The molecule has 0 radical (unpaired) electrons. The van der Waals surface area contributed by atoms with E-state index in [1.54, 1.807) is 6.92 Å². The van der Waals surface area contributed by atoms with E-state index in [0.717, 1.165) is 0 Å². The molecule has 0 aliphatic rings. The number of hydrogen-bond donors (Lipinski definition) is 2. The summed E-state index contributed by atoms with van der Waals surface area (Å²) < 4.78 is 37.0. The van der Waals surface area contributed by atoms with Crippen LogP contribution >= 0.6 is 0 Å². The molecule has 27 heavy (non-hydrogen) atoms. The van der Waals surface area contributed by atoms with Gasteiger partial charge in [-0.15, -0.1) is 0 Å². The number of sulfonamides is 1. The SMILES string of the molecule is COC[C@@H](C)NS(=O)(=O)c1ccc(C(=O)O[C@@H](C)C(=O)NC(C)(C)C)cc1. The summed E-state index contributed by atoms with van der Waals surface area (Å²) in [7, 11) is -2.25. The highest BCUT2D eigenvalue weighted by Crippen LogP contribution is 2.13. The molecule has 1 amide bonds. The Kier molecular flexibility index (Phi) is 7.94. The minimum absolute atomic E-state index is 0.0144. The number of carbonyl (C=O) groups is 2.